The van der Waals surface area contributed by atoms with Crippen molar-refractivity contribution in [2.45, 2.75) is 19.4 Å². The average molecular weight is 304 g/mol. The van der Waals surface area contributed by atoms with Crippen LogP contribution in [0.3, 0.4) is 0 Å². The van der Waals surface area contributed by atoms with Gasteiger partial charge in [-0.2, -0.15) is 0 Å². The fourth-order valence-corrected chi connectivity index (χ4v) is 2.86. The fourth-order valence-electron chi connectivity index (χ4n) is 2.64. The summed E-state index contributed by atoms with van der Waals surface area (Å²) in [5.41, 5.74) is 1.26. The van der Waals surface area contributed by atoms with E-state index in [4.69, 9.17) is 11.6 Å². The van der Waals surface area contributed by atoms with Gasteiger partial charge >= 0.3 is 0 Å². The normalized spacial score (nSPS) is 19.0. The molecule has 2 aromatic rings. The van der Waals surface area contributed by atoms with Crippen molar-refractivity contribution in [1.29, 1.82) is 0 Å². The van der Waals surface area contributed by atoms with Crippen molar-refractivity contribution < 1.29 is 9.59 Å². The zero-order chi connectivity index (χ0) is 15.0. The van der Waals surface area contributed by atoms with Crippen LogP contribution in [0.25, 0.3) is 10.9 Å². The van der Waals surface area contributed by atoms with Crippen LogP contribution in [0.1, 0.15) is 13.3 Å². The number of nitrogens with zero attached hydrogens (tertiary/aromatic N) is 2. The molecule has 1 atom stereocenters. The maximum absolute atomic E-state index is 12.3. The molecule has 2 amide bonds. The Balaban J connectivity index is 2.20. The Hall–Kier alpha value is -2.14. The Morgan fingerprint density at radius 3 is 2.95 bits per heavy atom. The van der Waals surface area contributed by atoms with Crippen molar-refractivity contribution in [3.05, 3.63) is 35.5 Å². The second kappa shape index (κ2) is 5.33. The molecule has 2 heterocycles. The zero-order valence-corrected chi connectivity index (χ0v) is 12.2. The van der Waals surface area contributed by atoms with Gasteiger partial charge in [0, 0.05) is 11.6 Å². The number of benzene rings is 1. The van der Waals surface area contributed by atoms with Crippen LogP contribution in [0.5, 0.6) is 0 Å². The maximum atomic E-state index is 12.3. The van der Waals surface area contributed by atoms with E-state index >= 15 is 0 Å². The van der Waals surface area contributed by atoms with Crippen LogP contribution in [0.2, 0.25) is 5.02 Å². The van der Waals surface area contributed by atoms with E-state index in [0.717, 1.165) is 5.39 Å². The second-order valence-electron chi connectivity index (χ2n) is 4.87. The molecule has 1 aliphatic rings. The highest BCUT2D eigenvalue weighted by Gasteiger charge is 2.35. The number of carbonyl (C=O) groups excluding carboxylic acids is 2. The van der Waals surface area contributed by atoms with E-state index in [1.165, 1.54) is 4.90 Å². The van der Waals surface area contributed by atoms with Gasteiger partial charge in [0.25, 0.3) is 0 Å². The summed E-state index contributed by atoms with van der Waals surface area (Å²) in [6.07, 6.45) is 2.19. The van der Waals surface area contributed by atoms with Gasteiger partial charge in [-0.05, 0) is 30.7 Å². The largest absolute Gasteiger partial charge is 0.345 e. The molecule has 0 aliphatic carbocycles. The van der Waals surface area contributed by atoms with E-state index in [1.54, 1.807) is 24.4 Å². The van der Waals surface area contributed by atoms with E-state index < -0.39 is 6.04 Å². The number of halogens is 1. The fraction of sp³-hybridized carbons (Fsp3) is 0.267. The van der Waals surface area contributed by atoms with Gasteiger partial charge in [0.15, 0.2) is 0 Å². The Morgan fingerprint density at radius 1 is 1.38 bits per heavy atom. The van der Waals surface area contributed by atoms with Crippen molar-refractivity contribution in [3.63, 3.8) is 0 Å². The first kappa shape index (κ1) is 13.8. The molecule has 1 aromatic carbocycles. The first-order valence-electron chi connectivity index (χ1n) is 6.76. The number of hydrogen-bond acceptors (Lipinski definition) is 3. The minimum atomic E-state index is -0.516. The highest BCUT2D eigenvalue weighted by atomic mass is 35.5. The number of amides is 2. The Bertz CT molecular complexity index is 732. The second-order valence-corrected chi connectivity index (χ2v) is 5.28. The standard InChI is InChI=1S/C15H14ClN3O2/c1-2-11-15(21)18-8-13(20)19(11)12-6-5-10(16)9-4-3-7-17-14(9)12/h3-7,11H,2,8H2,1H3,(H,18,21). The number of pyridine rings is 1. The lowest BCUT2D eigenvalue weighted by atomic mass is 10.1. The molecule has 0 bridgehead atoms. The monoisotopic (exact) mass is 303 g/mol. The predicted molar refractivity (Wildman–Crippen MR) is 81.3 cm³/mol. The van der Waals surface area contributed by atoms with E-state index in [2.05, 4.69) is 10.3 Å². The lowest BCUT2D eigenvalue weighted by Gasteiger charge is -2.34. The van der Waals surface area contributed by atoms with E-state index in [-0.39, 0.29) is 18.4 Å². The Labute approximate surface area is 126 Å². The topological polar surface area (TPSA) is 62.3 Å². The Kier molecular flexibility index (Phi) is 3.51. The number of carbonyl (C=O) groups is 2. The molecule has 108 valence electrons. The van der Waals surface area contributed by atoms with Crippen molar-refractivity contribution in [3.8, 4) is 0 Å². The molecule has 0 saturated carbocycles. The number of hydrogen-bond donors (Lipinski definition) is 1. The van der Waals surface area contributed by atoms with Crippen LogP contribution < -0.4 is 10.2 Å². The summed E-state index contributed by atoms with van der Waals surface area (Å²) >= 11 is 6.18. The van der Waals surface area contributed by atoms with Crippen molar-refractivity contribution in [2.24, 2.45) is 0 Å². The first-order chi connectivity index (χ1) is 10.1. The molecule has 0 radical (unpaired) electrons. The number of piperazine rings is 1. The third kappa shape index (κ3) is 2.23. The molecule has 1 unspecified atom stereocenters. The maximum Gasteiger partial charge on any atom is 0.247 e. The average Bonchev–Trinajstić information content (AvgIpc) is 2.50. The third-order valence-electron chi connectivity index (χ3n) is 3.64. The van der Waals surface area contributed by atoms with Gasteiger partial charge in [-0.3, -0.25) is 19.5 Å². The van der Waals surface area contributed by atoms with Crippen LogP contribution in [0, 0.1) is 0 Å². The molecular weight excluding hydrogens is 290 g/mol. The number of anilines is 1. The zero-order valence-electron chi connectivity index (χ0n) is 11.5. The van der Waals surface area contributed by atoms with E-state index in [9.17, 15) is 9.59 Å². The molecule has 1 aliphatic heterocycles. The Morgan fingerprint density at radius 2 is 2.19 bits per heavy atom. The quantitative estimate of drug-likeness (QED) is 0.924. The smallest absolute Gasteiger partial charge is 0.247 e. The van der Waals surface area contributed by atoms with Crippen LogP contribution in [0.4, 0.5) is 5.69 Å². The number of fused-ring (bicyclic) bond motifs is 1. The molecule has 1 aromatic heterocycles. The molecule has 1 saturated heterocycles. The number of rotatable bonds is 2. The number of nitrogens with one attached hydrogen (secondary N) is 1. The van der Waals surface area contributed by atoms with Crippen LogP contribution in [-0.2, 0) is 9.59 Å². The van der Waals surface area contributed by atoms with Crippen LogP contribution >= 0.6 is 11.6 Å². The van der Waals surface area contributed by atoms with Gasteiger partial charge in [0.1, 0.15) is 6.04 Å². The van der Waals surface area contributed by atoms with Gasteiger partial charge in [-0.1, -0.05) is 18.5 Å². The van der Waals surface area contributed by atoms with Gasteiger partial charge in [-0.15, -0.1) is 0 Å². The lowest BCUT2D eigenvalue weighted by molar-refractivity contribution is -0.131. The summed E-state index contributed by atoms with van der Waals surface area (Å²) in [4.78, 5) is 30.2. The molecule has 1 fully saturated rings. The molecule has 0 spiro atoms. The van der Waals surface area contributed by atoms with Gasteiger partial charge in [0.05, 0.1) is 22.8 Å². The minimum Gasteiger partial charge on any atom is -0.345 e. The minimum absolute atomic E-state index is 0.00624. The predicted octanol–water partition coefficient (Wildman–Crippen LogP) is 2.13. The van der Waals surface area contributed by atoms with E-state index in [0.29, 0.717) is 22.6 Å². The number of aromatic nitrogens is 1. The third-order valence-corrected chi connectivity index (χ3v) is 3.97. The summed E-state index contributed by atoms with van der Waals surface area (Å²) in [5, 5.41) is 3.96. The SMILES string of the molecule is CCC1C(=O)NCC(=O)N1c1ccc(Cl)c2cccnc12. The molecule has 3 rings (SSSR count). The van der Waals surface area contributed by atoms with E-state index in [1.807, 2.05) is 13.0 Å². The first-order valence-corrected chi connectivity index (χ1v) is 7.14. The molecular formula is C15H14ClN3O2. The summed E-state index contributed by atoms with van der Waals surface area (Å²) < 4.78 is 0. The molecule has 6 heteroatoms. The van der Waals surface area contributed by atoms with Crippen molar-refractivity contribution >= 4 is 40.0 Å². The van der Waals surface area contributed by atoms with Crippen LogP contribution in [0.15, 0.2) is 30.5 Å². The van der Waals surface area contributed by atoms with Crippen molar-refractivity contribution in [2.75, 3.05) is 11.4 Å². The van der Waals surface area contributed by atoms with Crippen molar-refractivity contribution in [1.82, 2.24) is 10.3 Å². The molecule has 5 nitrogen and oxygen atoms in total. The summed E-state index contributed by atoms with van der Waals surface area (Å²) in [6, 6.07) is 6.60. The van der Waals surface area contributed by atoms with Crippen LogP contribution in [-0.4, -0.2) is 29.4 Å². The summed E-state index contributed by atoms with van der Waals surface area (Å²) in [7, 11) is 0. The molecule has 1 N–H and O–H groups in total. The van der Waals surface area contributed by atoms with Gasteiger partial charge in [-0.25, -0.2) is 0 Å². The van der Waals surface area contributed by atoms with Gasteiger partial charge in [0.2, 0.25) is 11.8 Å². The summed E-state index contributed by atoms with van der Waals surface area (Å²) in [6.45, 7) is 1.88. The van der Waals surface area contributed by atoms with Gasteiger partial charge < -0.3 is 5.32 Å². The lowest BCUT2D eigenvalue weighted by Crippen LogP contribution is -2.58. The molecule has 21 heavy (non-hydrogen) atoms. The highest BCUT2D eigenvalue weighted by Crippen LogP contribution is 2.32. The highest BCUT2D eigenvalue weighted by molar-refractivity contribution is 6.36. The summed E-state index contributed by atoms with van der Waals surface area (Å²) in [5.74, 6) is -0.285.